The Balaban J connectivity index is 2.68. The minimum Gasteiger partial charge on any atom is -0.496 e. The molecule has 1 N–H and O–H groups in total. The van der Waals surface area contributed by atoms with Crippen molar-refractivity contribution < 1.29 is 4.74 Å². The lowest BCUT2D eigenvalue weighted by Gasteiger charge is -2.32. The topological polar surface area (TPSA) is 21.3 Å². The summed E-state index contributed by atoms with van der Waals surface area (Å²) in [5, 5.41) is 3.71. The van der Waals surface area contributed by atoms with Crippen LogP contribution in [0.5, 0.6) is 5.75 Å². The van der Waals surface area contributed by atoms with E-state index in [-0.39, 0.29) is 5.54 Å². The van der Waals surface area contributed by atoms with Crippen molar-refractivity contribution in [1.29, 1.82) is 0 Å². The number of hydrogen-bond acceptors (Lipinski definition) is 2. The Morgan fingerprint density at radius 3 is 2.15 bits per heavy atom. The van der Waals surface area contributed by atoms with E-state index in [2.05, 4.69) is 52.1 Å². The Morgan fingerprint density at radius 1 is 1.10 bits per heavy atom. The molecule has 1 unspecified atom stereocenters. The van der Waals surface area contributed by atoms with Gasteiger partial charge in [-0.15, -0.1) is 0 Å². The predicted octanol–water partition coefficient (Wildman–Crippen LogP) is 4.54. The van der Waals surface area contributed by atoms with Gasteiger partial charge in [-0.2, -0.15) is 0 Å². The molecule has 20 heavy (non-hydrogen) atoms. The van der Waals surface area contributed by atoms with E-state index >= 15 is 0 Å². The van der Waals surface area contributed by atoms with Gasteiger partial charge in [-0.25, -0.2) is 0 Å². The highest BCUT2D eigenvalue weighted by Gasteiger charge is 2.36. The van der Waals surface area contributed by atoms with Gasteiger partial charge < -0.3 is 10.1 Å². The summed E-state index contributed by atoms with van der Waals surface area (Å²) in [5.74, 6) is 2.09. The molecule has 1 fully saturated rings. The van der Waals surface area contributed by atoms with Gasteiger partial charge in [0.1, 0.15) is 5.75 Å². The second-order valence-electron chi connectivity index (χ2n) is 6.82. The van der Waals surface area contributed by atoms with Gasteiger partial charge in [-0.3, -0.25) is 0 Å². The maximum atomic E-state index is 5.87. The molecule has 1 aromatic rings. The number of methoxy groups -OCH3 is 1. The van der Waals surface area contributed by atoms with Crippen molar-refractivity contribution in [2.24, 2.45) is 0 Å². The first kappa shape index (κ1) is 15.4. The summed E-state index contributed by atoms with van der Waals surface area (Å²) in [7, 11) is 1.81. The average Bonchev–Trinajstić information content (AvgIpc) is 2.84. The van der Waals surface area contributed by atoms with E-state index in [9.17, 15) is 0 Å². The third-order valence-corrected chi connectivity index (χ3v) is 4.59. The summed E-state index contributed by atoms with van der Waals surface area (Å²) in [6.45, 7) is 12.4. The Bertz CT molecular complexity index is 471. The number of rotatable bonds is 4. The van der Waals surface area contributed by atoms with E-state index < -0.39 is 0 Å². The van der Waals surface area contributed by atoms with Gasteiger partial charge in [0, 0.05) is 11.1 Å². The second kappa shape index (κ2) is 5.77. The lowest BCUT2D eigenvalue weighted by atomic mass is 9.80. The van der Waals surface area contributed by atoms with Gasteiger partial charge in [0.05, 0.1) is 7.11 Å². The van der Waals surface area contributed by atoms with E-state index in [0.717, 1.165) is 12.3 Å². The predicted molar refractivity (Wildman–Crippen MR) is 85.8 cm³/mol. The normalized spacial score (nSPS) is 22.8. The Labute approximate surface area is 123 Å². The van der Waals surface area contributed by atoms with E-state index in [1.807, 2.05) is 7.11 Å². The van der Waals surface area contributed by atoms with Gasteiger partial charge >= 0.3 is 0 Å². The molecular weight excluding hydrogens is 246 g/mol. The van der Waals surface area contributed by atoms with Crippen LogP contribution in [-0.2, 0) is 5.54 Å². The van der Waals surface area contributed by atoms with Crippen LogP contribution in [0, 0.1) is 0 Å². The molecular formula is C18H29NO. The van der Waals surface area contributed by atoms with Crippen LogP contribution in [-0.4, -0.2) is 13.7 Å². The highest BCUT2D eigenvalue weighted by molar-refractivity contribution is 5.52. The highest BCUT2D eigenvalue weighted by atomic mass is 16.5. The van der Waals surface area contributed by atoms with Crippen LogP contribution in [0.3, 0.4) is 0 Å². The number of hydrogen-bond donors (Lipinski definition) is 1. The summed E-state index contributed by atoms with van der Waals surface area (Å²) in [6.07, 6.45) is 2.42. The molecule has 1 aromatic carbocycles. The molecule has 0 amide bonds. The van der Waals surface area contributed by atoms with E-state index in [1.54, 1.807) is 0 Å². The largest absolute Gasteiger partial charge is 0.496 e. The minimum atomic E-state index is 0.0514. The molecule has 112 valence electrons. The Hall–Kier alpha value is -1.02. The van der Waals surface area contributed by atoms with Gasteiger partial charge in [0.25, 0.3) is 0 Å². The SMILES string of the molecule is COc1c(C(C)C)ccc(C(C)C)c1C1(C)CCCN1. The second-order valence-corrected chi connectivity index (χ2v) is 6.82. The fourth-order valence-electron chi connectivity index (χ4n) is 3.45. The summed E-state index contributed by atoms with van der Waals surface area (Å²) in [4.78, 5) is 0. The zero-order valence-corrected chi connectivity index (χ0v) is 13.8. The summed E-state index contributed by atoms with van der Waals surface area (Å²) in [5.41, 5.74) is 4.18. The molecule has 0 spiro atoms. The fourth-order valence-corrected chi connectivity index (χ4v) is 3.45. The molecule has 1 aliphatic heterocycles. The molecule has 1 atom stereocenters. The van der Waals surface area contributed by atoms with E-state index in [4.69, 9.17) is 4.74 Å². The maximum Gasteiger partial charge on any atom is 0.127 e. The minimum absolute atomic E-state index is 0.0514. The van der Waals surface area contributed by atoms with Crippen LogP contribution in [0.2, 0.25) is 0 Å². The molecule has 0 aliphatic carbocycles. The first-order valence-corrected chi connectivity index (χ1v) is 7.87. The van der Waals surface area contributed by atoms with Crippen LogP contribution in [0.1, 0.15) is 76.0 Å². The zero-order valence-electron chi connectivity index (χ0n) is 13.8. The van der Waals surface area contributed by atoms with Crippen LogP contribution in [0.25, 0.3) is 0 Å². The Kier molecular flexibility index (Phi) is 4.43. The Morgan fingerprint density at radius 2 is 1.70 bits per heavy atom. The summed E-state index contributed by atoms with van der Waals surface area (Å²) in [6, 6.07) is 4.56. The van der Waals surface area contributed by atoms with E-state index in [1.165, 1.54) is 29.5 Å². The monoisotopic (exact) mass is 275 g/mol. The quantitative estimate of drug-likeness (QED) is 0.871. The average molecular weight is 275 g/mol. The maximum absolute atomic E-state index is 5.87. The van der Waals surface area contributed by atoms with Crippen molar-refractivity contribution in [1.82, 2.24) is 5.32 Å². The lowest BCUT2D eigenvalue weighted by Crippen LogP contribution is -2.35. The smallest absolute Gasteiger partial charge is 0.127 e. The van der Waals surface area contributed by atoms with Gasteiger partial charge in [0.2, 0.25) is 0 Å². The van der Waals surface area contributed by atoms with Crippen molar-refractivity contribution in [3.8, 4) is 5.75 Å². The summed E-state index contributed by atoms with van der Waals surface area (Å²) < 4.78 is 5.87. The molecule has 1 aliphatic rings. The van der Waals surface area contributed by atoms with Gasteiger partial charge in [-0.1, -0.05) is 39.8 Å². The van der Waals surface area contributed by atoms with Crippen LogP contribution in [0.4, 0.5) is 0 Å². The molecule has 1 saturated heterocycles. The van der Waals surface area contributed by atoms with Crippen molar-refractivity contribution in [2.45, 2.75) is 64.8 Å². The molecule has 0 aromatic heterocycles. The molecule has 2 nitrogen and oxygen atoms in total. The van der Waals surface area contributed by atoms with Crippen LogP contribution < -0.4 is 10.1 Å². The van der Waals surface area contributed by atoms with Crippen LogP contribution >= 0.6 is 0 Å². The molecule has 0 radical (unpaired) electrons. The third-order valence-electron chi connectivity index (χ3n) is 4.59. The number of nitrogens with one attached hydrogen (secondary N) is 1. The standard InChI is InChI=1S/C18H29NO/c1-12(2)14-8-9-15(13(3)4)17(20-6)16(14)18(5)10-7-11-19-18/h8-9,12-13,19H,7,10-11H2,1-6H3. The van der Waals surface area contributed by atoms with Gasteiger partial charge in [0.15, 0.2) is 0 Å². The molecule has 0 bridgehead atoms. The number of ether oxygens (including phenoxy) is 1. The van der Waals surface area contributed by atoms with Crippen molar-refractivity contribution in [3.63, 3.8) is 0 Å². The zero-order chi connectivity index (χ0) is 14.9. The highest BCUT2D eigenvalue weighted by Crippen LogP contribution is 2.44. The third kappa shape index (κ3) is 2.58. The first-order chi connectivity index (χ1) is 9.40. The van der Waals surface area contributed by atoms with Crippen molar-refractivity contribution in [3.05, 3.63) is 28.8 Å². The molecule has 1 heterocycles. The lowest BCUT2D eigenvalue weighted by molar-refractivity contribution is 0.362. The molecule has 0 saturated carbocycles. The molecule has 2 heteroatoms. The van der Waals surface area contributed by atoms with Gasteiger partial charge in [-0.05, 0) is 49.3 Å². The summed E-state index contributed by atoms with van der Waals surface area (Å²) >= 11 is 0. The molecule has 2 rings (SSSR count). The fraction of sp³-hybridized carbons (Fsp3) is 0.667. The number of benzene rings is 1. The van der Waals surface area contributed by atoms with Crippen molar-refractivity contribution >= 4 is 0 Å². The van der Waals surface area contributed by atoms with Crippen molar-refractivity contribution in [2.75, 3.05) is 13.7 Å². The first-order valence-electron chi connectivity index (χ1n) is 7.87. The van der Waals surface area contributed by atoms with E-state index in [0.29, 0.717) is 11.8 Å². The van der Waals surface area contributed by atoms with Crippen LogP contribution in [0.15, 0.2) is 12.1 Å².